The molecule has 0 aliphatic carbocycles. The number of aromatic nitrogens is 3. The smallest absolute Gasteiger partial charge is 0.0889 e. The maximum absolute atomic E-state index is 13.6. The Labute approximate surface area is 155 Å². The normalized spacial score (nSPS) is 11.4. The molecule has 0 aromatic carbocycles. The summed E-state index contributed by atoms with van der Waals surface area (Å²) in [5.41, 5.74) is 3.01. The highest BCUT2D eigenvalue weighted by molar-refractivity contribution is 7.63. The topological polar surface area (TPSA) is 55.7 Å². The van der Waals surface area contributed by atoms with Crippen molar-refractivity contribution in [2.45, 2.75) is 19.3 Å². The summed E-state index contributed by atoms with van der Waals surface area (Å²) in [5.74, 6) is 0. The number of rotatable bonds is 9. The molecular weight excluding hydrogens is 341 g/mol. The van der Waals surface area contributed by atoms with E-state index < -0.39 is 7.14 Å². The van der Waals surface area contributed by atoms with Crippen LogP contribution in [0, 0.1) is 0 Å². The number of nitrogens with zero attached hydrogens (tertiary/aromatic N) is 3. The van der Waals surface area contributed by atoms with Crippen molar-refractivity contribution < 1.29 is 4.57 Å². The first-order valence-corrected chi connectivity index (χ1v) is 11.3. The Morgan fingerprint density at radius 2 is 0.923 bits per heavy atom. The highest BCUT2D eigenvalue weighted by atomic mass is 31.2. The molecule has 3 heterocycles. The summed E-state index contributed by atoms with van der Waals surface area (Å²) in [4.78, 5) is 13.1. The molecule has 0 aliphatic heterocycles. The molecule has 0 fully saturated rings. The van der Waals surface area contributed by atoms with Gasteiger partial charge in [0.2, 0.25) is 0 Å². The van der Waals surface area contributed by atoms with Gasteiger partial charge in [-0.05, 0) is 55.7 Å². The van der Waals surface area contributed by atoms with Gasteiger partial charge in [0.15, 0.2) is 0 Å². The fourth-order valence-corrected chi connectivity index (χ4v) is 5.51. The molecule has 4 nitrogen and oxygen atoms in total. The van der Waals surface area contributed by atoms with Crippen molar-refractivity contribution in [2.75, 3.05) is 18.5 Å². The van der Waals surface area contributed by atoms with E-state index in [1.54, 1.807) is 18.6 Å². The Kier molecular flexibility index (Phi) is 6.68. The Morgan fingerprint density at radius 1 is 0.577 bits per heavy atom. The first-order chi connectivity index (χ1) is 12.7. The van der Waals surface area contributed by atoms with Gasteiger partial charge < -0.3 is 4.57 Å². The van der Waals surface area contributed by atoms with Gasteiger partial charge in [-0.15, -0.1) is 0 Å². The van der Waals surface area contributed by atoms with E-state index in [9.17, 15) is 4.57 Å². The van der Waals surface area contributed by atoms with E-state index in [2.05, 4.69) is 15.0 Å². The first kappa shape index (κ1) is 18.5. The summed E-state index contributed by atoms with van der Waals surface area (Å²) in [5, 5.41) is 0. The zero-order chi connectivity index (χ0) is 18.1. The van der Waals surface area contributed by atoms with E-state index >= 15 is 0 Å². The van der Waals surface area contributed by atoms with E-state index in [0.29, 0.717) is 18.5 Å². The summed E-state index contributed by atoms with van der Waals surface area (Å²) in [6, 6.07) is 17.7. The van der Waals surface area contributed by atoms with Crippen molar-refractivity contribution in [3.05, 3.63) is 90.3 Å². The molecule has 0 N–H and O–H groups in total. The summed E-state index contributed by atoms with van der Waals surface area (Å²) >= 11 is 0. The Hall–Kier alpha value is -2.32. The van der Waals surface area contributed by atoms with Crippen LogP contribution in [0.1, 0.15) is 17.1 Å². The molecule has 0 radical (unpaired) electrons. The molecule has 3 aromatic rings. The molecule has 0 atom stereocenters. The molecule has 0 aliphatic rings. The minimum atomic E-state index is -2.34. The van der Waals surface area contributed by atoms with Crippen molar-refractivity contribution in [1.82, 2.24) is 15.0 Å². The minimum absolute atomic E-state index is 0.684. The van der Waals surface area contributed by atoms with Gasteiger partial charge in [0.1, 0.15) is 0 Å². The van der Waals surface area contributed by atoms with E-state index in [-0.39, 0.29) is 0 Å². The van der Waals surface area contributed by atoms with E-state index in [1.807, 2.05) is 54.6 Å². The second-order valence-corrected chi connectivity index (χ2v) is 9.90. The third-order valence-corrected chi connectivity index (χ3v) is 7.62. The van der Waals surface area contributed by atoms with Gasteiger partial charge in [0.25, 0.3) is 0 Å². The molecule has 0 unspecified atom stereocenters. The molecule has 0 saturated heterocycles. The molecule has 5 heteroatoms. The third kappa shape index (κ3) is 5.89. The molecule has 0 amide bonds. The van der Waals surface area contributed by atoms with Gasteiger partial charge in [0.05, 0.1) is 7.14 Å². The maximum atomic E-state index is 13.6. The average molecular weight is 365 g/mol. The number of hydrogen-bond donors (Lipinski definition) is 0. The van der Waals surface area contributed by atoms with E-state index in [4.69, 9.17) is 0 Å². The van der Waals surface area contributed by atoms with Gasteiger partial charge in [-0.2, -0.15) is 0 Å². The van der Waals surface area contributed by atoms with Crippen LogP contribution in [0.4, 0.5) is 0 Å². The monoisotopic (exact) mass is 365 g/mol. The number of pyridine rings is 3. The summed E-state index contributed by atoms with van der Waals surface area (Å²) < 4.78 is 13.6. The fraction of sp³-hybridized carbons (Fsp3) is 0.286. The van der Waals surface area contributed by atoms with Gasteiger partial charge in [-0.1, -0.05) is 18.2 Å². The van der Waals surface area contributed by atoms with Crippen LogP contribution in [0.25, 0.3) is 0 Å². The van der Waals surface area contributed by atoms with Crippen molar-refractivity contribution in [3.8, 4) is 0 Å². The molecule has 134 valence electrons. The lowest BCUT2D eigenvalue weighted by Crippen LogP contribution is -2.08. The molecule has 26 heavy (non-hydrogen) atoms. The molecule has 3 rings (SSSR count). The SMILES string of the molecule is O=P(CCc1ccccn1)(CCc1ccccn1)CCc1ccccn1. The summed E-state index contributed by atoms with van der Waals surface area (Å²) in [7, 11) is -2.34. The van der Waals surface area contributed by atoms with Crippen molar-refractivity contribution in [2.24, 2.45) is 0 Å². The Bertz CT molecular complexity index is 713. The molecule has 0 spiro atoms. The summed E-state index contributed by atoms with van der Waals surface area (Å²) in [6.07, 6.45) is 9.69. The highest BCUT2D eigenvalue weighted by Crippen LogP contribution is 2.46. The van der Waals surface area contributed by atoms with Crippen LogP contribution in [0.3, 0.4) is 0 Å². The van der Waals surface area contributed by atoms with Crippen LogP contribution in [0.5, 0.6) is 0 Å². The zero-order valence-electron chi connectivity index (χ0n) is 14.9. The van der Waals surface area contributed by atoms with Crippen LogP contribution in [-0.2, 0) is 23.8 Å². The predicted octanol–water partition coefficient (Wildman–Crippen LogP) is 4.26. The first-order valence-electron chi connectivity index (χ1n) is 9.00. The van der Waals surface area contributed by atoms with Gasteiger partial charge in [0, 0.05) is 54.2 Å². The quantitative estimate of drug-likeness (QED) is 0.532. The van der Waals surface area contributed by atoms with Crippen LogP contribution >= 0.6 is 7.14 Å². The van der Waals surface area contributed by atoms with Crippen LogP contribution in [-0.4, -0.2) is 33.4 Å². The van der Waals surface area contributed by atoms with E-state index in [0.717, 1.165) is 36.3 Å². The van der Waals surface area contributed by atoms with Crippen LogP contribution in [0.2, 0.25) is 0 Å². The second-order valence-electron chi connectivity index (χ2n) is 6.44. The zero-order valence-corrected chi connectivity index (χ0v) is 15.8. The lowest BCUT2D eigenvalue weighted by Gasteiger charge is -2.18. The van der Waals surface area contributed by atoms with Crippen LogP contribution in [0.15, 0.2) is 73.2 Å². The van der Waals surface area contributed by atoms with Crippen molar-refractivity contribution in [1.29, 1.82) is 0 Å². The van der Waals surface area contributed by atoms with Crippen molar-refractivity contribution >= 4 is 7.14 Å². The molecule has 3 aromatic heterocycles. The summed E-state index contributed by atoms with van der Waals surface area (Å²) in [6.45, 7) is 0. The van der Waals surface area contributed by atoms with E-state index in [1.165, 1.54) is 0 Å². The second kappa shape index (κ2) is 9.40. The third-order valence-electron chi connectivity index (χ3n) is 4.50. The molecule has 0 bridgehead atoms. The highest BCUT2D eigenvalue weighted by Gasteiger charge is 2.22. The lowest BCUT2D eigenvalue weighted by molar-refractivity contribution is 0.572. The van der Waals surface area contributed by atoms with Gasteiger partial charge >= 0.3 is 0 Å². The van der Waals surface area contributed by atoms with Gasteiger partial charge in [-0.25, -0.2) is 0 Å². The Balaban J connectivity index is 1.65. The number of aryl methyl sites for hydroxylation is 3. The standard InChI is InChI=1S/C21H24N3OP/c25-26(16-10-19-7-1-4-13-22-19,17-11-20-8-2-5-14-23-20)18-12-21-9-3-6-15-24-21/h1-9,13-15H,10-12,16-18H2. The fourth-order valence-electron chi connectivity index (χ4n) is 2.93. The maximum Gasteiger partial charge on any atom is 0.0889 e. The van der Waals surface area contributed by atoms with Gasteiger partial charge in [-0.3, -0.25) is 15.0 Å². The largest absolute Gasteiger partial charge is 0.324 e. The lowest BCUT2D eigenvalue weighted by atomic mass is 10.3. The van der Waals surface area contributed by atoms with Crippen LogP contribution < -0.4 is 0 Å². The number of hydrogen-bond acceptors (Lipinski definition) is 4. The molecule has 0 saturated carbocycles. The van der Waals surface area contributed by atoms with Crippen molar-refractivity contribution in [3.63, 3.8) is 0 Å². The Morgan fingerprint density at radius 3 is 1.19 bits per heavy atom. The predicted molar refractivity (Wildman–Crippen MR) is 106 cm³/mol. The molecular formula is C21H24N3OP. The average Bonchev–Trinajstić information content (AvgIpc) is 2.72. The minimum Gasteiger partial charge on any atom is -0.324 e.